The van der Waals surface area contributed by atoms with Gasteiger partial charge in [-0.15, -0.1) is 0 Å². The molecule has 0 aromatic heterocycles. The molecule has 106 valence electrons. The fourth-order valence-corrected chi connectivity index (χ4v) is 3.06. The molecule has 0 spiro atoms. The van der Waals surface area contributed by atoms with Gasteiger partial charge in [0.1, 0.15) is 6.04 Å². The lowest BCUT2D eigenvalue weighted by molar-refractivity contribution is -0.138. The minimum absolute atomic E-state index is 0.0778. The van der Waals surface area contributed by atoms with Crippen LogP contribution in [0.5, 0.6) is 0 Å². The minimum Gasteiger partial charge on any atom is -0.480 e. The Morgan fingerprint density at radius 2 is 1.79 bits per heavy atom. The molecule has 0 fully saturated rings. The molecule has 0 radical (unpaired) electrons. The van der Waals surface area contributed by atoms with Crippen molar-refractivity contribution in [3.8, 4) is 0 Å². The second-order valence-electron chi connectivity index (χ2n) is 4.88. The largest absolute Gasteiger partial charge is 0.480 e. The Morgan fingerprint density at radius 1 is 1.26 bits per heavy atom. The van der Waals surface area contributed by atoms with E-state index >= 15 is 0 Å². The predicted octanol–water partition coefficient (Wildman–Crippen LogP) is 1.95. The molecule has 0 amide bonds. The zero-order valence-electron chi connectivity index (χ0n) is 11.3. The van der Waals surface area contributed by atoms with Gasteiger partial charge in [0.25, 0.3) is 0 Å². The maximum absolute atomic E-state index is 11.9. The van der Waals surface area contributed by atoms with Crippen molar-refractivity contribution in [3.05, 3.63) is 30.3 Å². The molecule has 0 saturated heterocycles. The van der Waals surface area contributed by atoms with Gasteiger partial charge in [-0.3, -0.25) is 4.31 Å². The number of carboxylic acids is 1. The Labute approximate surface area is 113 Å². The topological polar surface area (TPSA) is 74.7 Å². The van der Waals surface area contributed by atoms with E-state index in [9.17, 15) is 18.3 Å². The summed E-state index contributed by atoms with van der Waals surface area (Å²) in [5.74, 6) is -1.06. The molecule has 0 bridgehead atoms. The molecule has 6 heteroatoms. The lowest BCUT2D eigenvalue weighted by Gasteiger charge is -2.29. The number of rotatable bonds is 6. The van der Waals surface area contributed by atoms with Crippen molar-refractivity contribution in [1.82, 2.24) is 0 Å². The molecular formula is C13H19NO4S. The molecule has 0 heterocycles. The molecule has 1 aromatic rings. The number of benzene rings is 1. The highest BCUT2D eigenvalue weighted by Crippen LogP contribution is 2.23. The first-order valence-corrected chi connectivity index (χ1v) is 7.85. The maximum Gasteiger partial charge on any atom is 0.327 e. The minimum atomic E-state index is -3.66. The second kappa shape index (κ2) is 6.06. The van der Waals surface area contributed by atoms with Crippen molar-refractivity contribution in [2.45, 2.75) is 26.3 Å². The summed E-state index contributed by atoms with van der Waals surface area (Å²) in [7, 11) is -3.66. The molecule has 0 aliphatic heterocycles. The summed E-state index contributed by atoms with van der Waals surface area (Å²) in [6.45, 7) is 3.72. The van der Waals surface area contributed by atoms with Crippen molar-refractivity contribution >= 4 is 21.7 Å². The van der Waals surface area contributed by atoms with Crippen molar-refractivity contribution < 1.29 is 18.3 Å². The molecule has 0 saturated carbocycles. The van der Waals surface area contributed by atoms with Crippen LogP contribution in [-0.2, 0) is 14.8 Å². The molecule has 19 heavy (non-hydrogen) atoms. The monoisotopic (exact) mass is 285 g/mol. The third kappa shape index (κ3) is 4.24. The van der Waals surface area contributed by atoms with Crippen molar-refractivity contribution in [2.75, 3.05) is 10.6 Å². The fourth-order valence-electron chi connectivity index (χ4n) is 1.92. The van der Waals surface area contributed by atoms with E-state index in [2.05, 4.69) is 0 Å². The van der Waals surface area contributed by atoms with Crippen LogP contribution in [0.1, 0.15) is 20.3 Å². The number of carbonyl (C=O) groups is 1. The molecule has 0 aliphatic rings. The Hall–Kier alpha value is -1.56. The van der Waals surface area contributed by atoms with Crippen molar-refractivity contribution in [2.24, 2.45) is 5.92 Å². The molecule has 1 rings (SSSR count). The zero-order chi connectivity index (χ0) is 14.6. The van der Waals surface area contributed by atoms with Gasteiger partial charge in [0.05, 0.1) is 11.9 Å². The van der Waals surface area contributed by atoms with Crippen molar-refractivity contribution in [3.63, 3.8) is 0 Å². The van der Waals surface area contributed by atoms with E-state index in [1.807, 2.05) is 13.8 Å². The first kappa shape index (κ1) is 15.5. The van der Waals surface area contributed by atoms with Crippen LogP contribution >= 0.6 is 0 Å². The number of anilines is 1. The smallest absolute Gasteiger partial charge is 0.327 e. The standard InChI is InChI=1S/C13H19NO4S/c1-10(2)9-12(13(15)16)14(19(3,17)18)11-7-5-4-6-8-11/h4-8,10,12H,9H2,1-3H3,(H,15,16)/t12-/m0/s1. The average Bonchev–Trinajstić information content (AvgIpc) is 2.27. The molecule has 0 unspecified atom stereocenters. The highest BCUT2D eigenvalue weighted by Gasteiger charge is 2.32. The van der Waals surface area contributed by atoms with E-state index in [0.717, 1.165) is 10.6 Å². The Morgan fingerprint density at radius 3 is 2.16 bits per heavy atom. The maximum atomic E-state index is 11.9. The van der Waals surface area contributed by atoms with Crippen molar-refractivity contribution in [1.29, 1.82) is 0 Å². The average molecular weight is 285 g/mol. The summed E-state index contributed by atoms with van der Waals surface area (Å²) in [6.07, 6.45) is 1.29. The highest BCUT2D eigenvalue weighted by molar-refractivity contribution is 7.92. The number of hydrogen-bond donors (Lipinski definition) is 1. The van der Waals surface area contributed by atoms with Crippen LogP contribution in [0.25, 0.3) is 0 Å². The fraction of sp³-hybridized carbons (Fsp3) is 0.462. The molecule has 5 nitrogen and oxygen atoms in total. The van der Waals surface area contributed by atoms with E-state index in [1.165, 1.54) is 0 Å². The summed E-state index contributed by atoms with van der Waals surface area (Å²) in [4.78, 5) is 11.4. The lowest BCUT2D eigenvalue weighted by Crippen LogP contribution is -2.45. The highest BCUT2D eigenvalue weighted by atomic mass is 32.2. The predicted molar refractivity (Wildman–Crippen MR) is 74.6 cm³/mol. The van der Waals surface area contributed by atoms with Gasteiger partial charge in [0.2, 0.25) is 10.0 Å². The number of hydrogen-bond acceptors (Lipinski definition) is 3. The third-order valence-electron chi connectivity index (χ3n) is 2.63. The van der Waals surface area contributed by atoms with Gasteiger partial charge in [-0.1, -0.05) is 32.0 Å². The second-order valence-corrected chi connectivity index (χ2v) is 6.74. The van der Waals surface area contributed by atoms with Crippen LogP contribution in [-0.4, -0.2) is 31.8 Å². The summed E-state index contributed by atoms with van der Waals surface area (Å²) in [5, 5.41) is 9.31. The normalized spacial score (nSPS) is 13.3. The molecule has 1 aromatic carbocycles. The summed E-state index contributed by atoms with van der Waals surface area (Å²) in [5.41, 5.74) is 0.373. The Kier molecular flexibility index (Phi) is 4.94. The van der Waals surface area contributed by atoms with E-state index in [0.29, 0.717) is 5.69 Å². The van der Waals surface area contributed by atoms with E-state index in [1.54, 1.807) is 30.3 Å². The van der Waals surface area contributed by atoms with Gasteiger partial charge in [-0.2, -0.15) is 0 Å². The van der Waals surface area contributed by atoms with Crippen LogP contribution in [0.3, 0.4) is 0 Å². The molecule has 1 N–H and O–H groups in total. The molecular weight excluding hydrogens is 266 g/mol. The first-order chi connectivity index (χ1) is 8.73. The number of para-hydroxylation sites is 1. The van der Waals surface area contributed by atoms with Crippen LogP contribution < -0.4 is 4.31 Å². The first-order valence-electron chi connectivity index (χ1n) is 6.00. The van der Waals surface area contributed by atoms with E-state index < -0.39 is 22.0 Å². The zero-order valence-corrected chi connectivity index (χ0v) is 12.1. The third-order valence-corrected chi connectivity index (χ3v) is 3.81. The number of carboxylic acid groups (broad SMARTS) is 1. The number of nitrogens with zero attached hydrogens (tertiary/aromatic N) is 1. The van der Waals surface area contributed by atoms with Gasteiger partial charge in [0.15, 0.2) is 0 Å². The van der Waals surface area contributed by atoms with E-state index in [4.69, 9.17) is 0 Å². The Balaban J connectivity index is 3.27. The summed E-state index contributed by atoms with van der Waals surface area (Å²) in [6, 6.07) is 7.22. The number of aliphatic carboxylic acids is 1. The molecule has 0 aliphatic carbocycles. The quantitative estimate of drug-likeness (QED) is 0.867. The SMILES string of the molecule is CC(C)C[C@@H](C(=O)O)N(c1ccccc1)S(C)(=O)=O. The number of sulfonamides is 1. The molecule has 1 atom stereocenters. The van der Waals surface area contributed by atoms with Crippen LogP contribution in [0.4, 0.5) is 5.69 Å². The van der Waals surface area contributed by atoms with Gasteiger partial charge >= 0.3 is 5.97 Å². The van der Waals surface area contributed by atoms with Gasteiger partial charge < -0.3 is 5.11 Å². The summed E-state index contributed by atoms with van der Waals surface area (Å²) >= 11 is 0. The summed E-state index contributed by atoms with van der Waals surface area (Å²) < 4.78 is 24.8. The Bertz CT molecular complexity index is 525. The van der Waals surface area contributed by atoms with Crippen LogP contribution in [0.2, 0.25) is 0 Å². The van der Waals surface area contributed by atoms with Gasteiger partial charge in [-0.25, -0.2) is 13.2 Å². The van der Waals surface area contributed by atoms with Crippen LogP contribution in [0, 0.1) is 5.92 Å². The van der Waals surface area contributed by atoms with Crippen LogP contribution in [0.15, 0.2) is 30.3 Å². The van der Waals surface area contributed by atoms with E-state index in [-0.39, 0.29) is 12.3 Å². The lowest BCUT2D eigenvalue weighted by atomic mass is 10.0. The van der Waals surface area contributed by atoms with Gasteiger partial charge in [-0.05, 0) is 24.5 Å². The van der Waals surface area contributed by atoms with Gasteiger partial charge in [0, 0.05) is 0 Å².